The van der Waals surface area contributed by atoms with E-state index in [1.165, 1.54) is 6.08 Å². The van der Waals surface area contributed by atoms with E-state index in [9.17, 15) is 9.59 Å². The number of hydrogen-bond acceptors (Lipinski definition) is 4. The van der Waals surface area contributed by atoms with Crippen LogP contribution >= 0.6 is 11.6 Å². The molecule has 0 N–H and O–H groups in total. The molecule has 1 amide bonds. The molecule has 1 aliphatic heterocycles. The molecule has 0 aliphatic carbocycles. The Morgan fingerprint density at radius 2 is 1.71 bits per heavy atom. The van der Waals surface area contributed by atoms with Crippen LogP contribution in [0.5, 0.6) is 5.75 Å². The zero-order valence-electron chi connectivity index (χ0n) is 15.8. The van der Waals surface area contributed by atoms with Gasteiger partial charge in [0.15, 0.2) is 12.4 Å². The second kappa shape index (κ2) is 9.53. The fraction of sp³-hybridized carbons (Fsp3) is 0.273. The van der Waals surface area contributed by atoms with Crippen molar-refractivity contribution in [2.45, 2.75) is 0 Å². The van der Waals surface area contributed by atoms with Gasteiger partial charge in [0, 0.05) is 36.8 Å². The summed E-state index contributed by atoms with van der Waals surface area (Å²) in [6, 6.07) is 14.1. The Balaban J connectivity index is 1.52. The van der Waals surface area contributed by atoms with Gasteiger partial charge in [0.25, 0.3) is 5.91 Å². The van der Waals surface area contributed by atoms with Gasteiger partial charge in [-0.2, -0.15) is 0 Å². The summed E-state index contributed by atoms with van der Waals surface area (Å²) in [6.45, 7) is 3.21. The Labute approximate surface area is 170 Å². The molecule has 1 heterocycles. The molecule has 3 rings (SSSR count). The molecular weight excluding hydrogens is 376 g/mol. The highest BCUT2D eigenvalue weighted by molar-refractivity contribution is 6.32. The van der Waals surface area contributed by atoms with Crippen LogP contribution in [0, 0.1) is 0 Å². The standard InChI is InChI=1S/C22H23ClN2O3/c1-24-12-14-25(15-13-24)22(27)16-28-19-9-6-18(7-10-19)21(26)11-8-17-4-2-3-5-20(17)23/h2-11H,12-16H2,1H3/b11-8+. The Morgan fingerprint density at radius 1 is 1.04 bits per heavy atom. The van der Waals surface area contributed by atoms with Crippen molar-refractivity contribution in [3.8, 4) is 5.75 Å². The summed E-state index contributed by atoms with van der Waals surface area (Å²) >= 11 is 6.09. The lowest BCUT2D eigenvalue weighted by molar-refractivity contribution is -0.134. The lowest BCUT2D eigenvalue weighted by Gasteiger charge is -2.32. The van der Waals surface area contributed by atoms with Crippen molar-refractivity contribution < 1.29 is 14.3 Å². The molecule has 146 valence electrons. The van der Waals surface area contributed by atoms with Crippen molar-refractivity contribution in [2.24, 2.45) is 0 Å². The normalized spacial score (nSPS) is 15.0. The van der Waals surface area contributed by atoms with E-state index in [0.29, 0.717) is 16.3 Å². The number of carbonyl (C=O) groups excluding carboxylic acids is 2. The maximum Gasteiger partial charge on any atom is 0.260 e. The molecule has 0 aromatic heterocycles. The van der Waals surface area contributed by atoms with E-state index in [4.69, 9.17) is 16.3 Å². The topological polar surface area (TPSA) is 49.9 Å². The first kappa shape index (κ1) is 20.1. The third-order valence-electron chi connectivity index (χ3n) is 4.68. The number of halogens is 1. The Hall–Kier alpha value is -2.63. The number of benzene rings is 2. The van der Waals surface area contributed by atoms with Gasteiger partial charge in [-0.3, -0.25) is 9.59 Å². The molecule has 0 saturated carbocycles. The molecule has 0 bridgehead atoms. The zero-order valence-corrected chi connectivity index (χ0v) is 16.6. The Kier molecular flexibility index (Phi) is 6.85. The lowest BCUT2D eigenvalue weighted by atomic mass is 10.1. The minimum Gasteiger partial charge on any atom is -0.484 e. The van der Waals surface area contributed by atoms with Gasteiger partial charge in [0.1, 0.15) is 5.75 Å². The second-order valence-corrected chi connectivity index (χ2v) is 7.12. The van der Waals surface area contributed by atoms with Crippen LogP contribution in [0.3, 0.4) is 0 Å². The number of ketones is 1. The van der Waals surface area contributed by atoms with E-state index in [1.54, 1.807) is 36.4 Å². The number of hydrogen-bond donors (Lipinski definition) is 0. The fourth-order valence-electron chi connectivity index (χ4n) is 2.88. The molecule has 1 saturated heterocycles. The van der Waals surface area contributed by atoms with Gasteiger partial charge in [0.2, 0.25) is 0 Å². The zero-order chi connectivity index (χ0) is 19.9. The number of carbonyl (C=O) groups is 2. The number of allylic oxidation sites excluding steroid dienone is 1. The summed E-state index contributed by atoms with van der Waals surface area (Å²) in [7, 11) is 2.05. The highest BCUT2D eigenvalue weighted by Gasteiger charge is 2.19. The largest absolute Gasteiger partial charge is 0.484 e. The summed E-state index contributed by atoms with van der Waals surface area (Å²) in [4.78, 5) is 28.5. The van der Waals surface area contributed by atoms with Crippen LogP contribution in [0.2, 0.25) is 5.02 Å². The van der Waals surface area contributed by atoms with Gasteiger partial charge in [-0.05, 0) is 55.1 Å². The molecule has 0 spiro atoms. The van der Waals surface area contributed by atoms with Gasteiger partial charge in [-0.1, -0.05) is 29.8 Å². The van der Waals surface area contributed by atoms with Crippen molar-refractivity contribution in [2.75, 3.05) is 39.8 Å². The van der Waals surface area contributed by atoms with E-state index in [2.05, 4.69) is 4.90 Å². The minimum atomic E-state index is -0.125. The van der Waals surface area contributed by atoms with E-state index in [0.717, 1.165) is 31.7 Å². The second-order valence-electron chi connectivity index (χ2n) is 6.72. The molecule has 2 aromatic rings. The molecule has 0 radical (unpaired) electrons. The predicted octanol–water partition coefficient (Wildman–Crippen LogP) is 3.39. The molecule has 5 nitrogen and oxygen atoms in total. The van der Waals surface area contributed by atoms with Crippen molar-refractivity contribution >= 4 is 29.4 Å². The Morgan fingerprint density at radius 3 is 2.39 bits per heavy atom. The van der Waals surface area contributed by atoms with Crippen molar-refractivity contribution in [3.63, 3.8) is 0 Å². The minimum absolute atomic E-state index is 0.00339. The summed E-state index contributed by atoms with van der Waals surface area (Å²) in [5, 5.41) is 0.598. The maximum atomic E-state index is 12.3. The predicted molar refractivity (Wildman–Crippen MR) is 111 cm³/mol. The van der Waals surface area contributed by atoms with Gasteiger partial charge in [0.05, 0.1) is 0 Å². The lowest BCUT2D eigenvalue weighted by Crippen LogP contribution is -2.48. The summed E-state index contributed by atoms with van der Waals surface area (Å²) in [5.74, 6) is 0.421. The fourth-order valence-corrected chi connectivity index (χ4v) is 3.08. The van der Waals surface area contributed by atoms with E-state index in [-0.39, 0.29) is 18.3 Å². The highest BCUT2D eigenvalue weighted by Crippen LogP contribution is 2.18. The van der Waals surface area contributed by atoms with Crippen LogP contribution in [-0.4, -0.2) is 61.3 Å². The average Bonchev–Trinajstić information content (AvgIpc) is 2.72. The highest BCUT2D eigenvalue weighted by atomic mass is 35.5. The quantitative estimate of drug-likeness (QED) is 0.553. The summed E-state index contributed by atoms with van der Waals surface area (Å²) in [6.07, 6.45) is 3.19. The first-order valence-corrected chi connectivity index (χ1v) is 9.57. The van der Waals surface area contributed by atoms with Crippen LogP contribution in [0.1, 0.15) is 15.9 Å². The van der Waals surface area contributed by atoms with Crippen molar-refractivity contribution in [1.82, 2.24) is 9.80 Å². The van der Waals surface area contributed by atoms with Crippen LogP contribution in [0.4, 0.5) is 0 Å². The smallest absolute Gasteiger partial charge is 0.260 e. The summed E-state index contributed by atoms with van der Waals surface area (Å²) in [5.41, 5.74) is 1.33. The van der Waals surface area contributed by atoms with Crippen molar-refractivity contribution in [3.05, 3.63) is 70.8 Å². The van der Waals surface area contributed by atoms with Crippen molar-refractivity contribution in [1.29, 1.82) is 0 Å². The molecule has 6 heteroatoms. The number of piperazine rings is 1. The molecule has 28 heavy (non-hydrogen) atoms. The van der Waals surface area contributed by atoms with E-state index < -0.39 is 0 Å². The Bertz CT molecular complexity index is 856. The van der Waals surface area contributed by atoms with Crippen LogP contribution < -0.4 is 4.74 Å². The van der Waals surface area contributed by atoms with Crippen LogP contribution in [0.25, 0.3) is 6.08 Å². The van der Waals surface area contributed by atoms with Gasteiger partial charge in [-0.25, -0.2) is 0 Å². The molecule has 0 unspecified atom stereocenters. The van der Waals surface area contributed by atoms with Gasteiger partial charge in [-0.15, -0.1) is 0 Å². The molecular formula is C22H23ClN2O3. The summed E-state index contributed by atoms with van der Waals surface area (Å²) < 4.78 is 5.58. The SMILES string of the molecule is CN1CCN(C(=O)COc2ccc(C(=O)/C=C/c3ccccc3Cl)cc2)CC1. The van der Waals surface area contributed by atoms with Crippen LogP contribution in [0.15, 0.2) is 54.6 Å². The molecule has 1 fully saturated rings. The van der Waals surface area contributed by atoms with Gasteiger partial charge < -0.3 is 14.5 Å². The van der Waals surface area contributed by atoms with Crippen LogP contribution in [-0.2, 0) is 4.79 Å². The molecule has 0 atom stereocenters. The number of rotatable bonds is 6. The first-order chi connectivity index (χ1) is 13.5. The molecule has 1 aliphatic rings. The van der Waals surface area contributed by atoms with E-state index >= 15 is 0 Å². The monoisotopic (exact) mass is 398 g/mol. The third kappa shape index (κ3) is 5.44. The number of nitrogens with zero attached hydrogens (tertiary/aromatic N) is 2. The maximum absolute atomic E-state index is 12.3. The third-order valence-corrected chi connectivity index (χ3v) is 5.02. The number of ether oxygens (including phenoxy) is 1. The van der Waals surface area contributed by atoms with Gasteiger partial charge >= 0.3 is 0 Å². The number of likely N-dealkylation sites (N-methyl/N-ethyl adjacent to an activating group) is 1. The first-order valence-electron chi connectivity index (χ1n) is 9.19. The number of amides is 1. The molecule has 2 aromatic carbocycles. The average molecular weight is 399 g/mol. The van der Waals surface area contributed by atoms with E-state index in [1.807, 2.05) is 30.1 Å².